The maximum absolute atomic E-state index is 12.1. The molecule has 0 saturated carbocycles. The number of nitrogens with one attached hydrogen (secondary N) is 1. The molecule has 22 heavy (non-hydrogen) atoms. The van der Waals surface area contributed by atoms with Gasteiger partial charge in [0.2, 0.25) is 0 Å². The van der Waals surface area contributed by atoms with Crippen LogP contribution in [0.5, 0.6) is 0 Å². The van der Waals surface area contributed by atoms with Crippen molar-refractivity contribution in [3.8, 4) is 0 Å². The lowest BCUT2D eigenvalue weighted by Gasteiger charge is -2.20. The minimum Gasteiger partial charge on any atom is -0.480 e. The molecule has 2 aromatic carbocycles. The average Bonchev–Trinajstić information content (AvgIpc) is 2.53. The molecule has 0 aromatic heterocycles. The smallest absolute Gasteiger partial charge is 0.346 e. The van der Waals surface area contributed by atoms with Crippen molar-refractivity contribution >= 4 is 17.7 Å². The molecule has 0 spiro atoms. The highest BCUT2D eigenvalue weighted by Gasteiger charge is 2.18. The Labute approximate surface area is 127 Å². The van der Waals surface area contributed by atoms with Gasteiger partial charge in [-0.3, -0.25) is 9.63 Å². The van der Waals surface area contributed by atoms with Crippen molar-refractivity contribution in [3.63, 3.8) is 0 Å². The van der Waals surface area contributed by atoms with Crippen LogP contribution in [0, 0.1) is 0 Å². The monoisotopic (exact) mass is 300 g/mol. The zero-order chi connectivity index (χ0) is 15.8. The molecule has 2 aromatic rings. The van der Waals surface area contributed by atoms with E-state index in [-0.39, 0.29) is 6.61 Å². The number of carbonyl (C=O) groups excluding carboxylic acids is 1. The molecule has 0 bridgehead atoms. The number of aliphatic carboxylic acids is 1. The number of carboxylic acid groups (broad SMARTS) is 1. The second-order valence-corrected chi connectivity index (χ2v) is 4.49. The Hall–Kier alpha value is -2.86. The molecular formula is C16H16N2O4. The lowest BCUT2D eigenvalue weighted by Crippen LogP contribution is -2.38. The van der Waals surface area contributed by atoms with Gasteiger partial charge in [0.25, 0.3) is 0 Å². The van der Waals surface area contributed by atoms with Crippen molar-refractivity contribution in [1.29, 1.82) is 0 Å². The molecule has 2 N–H and O–H groups in total. The summed E-state index contributed by atoms with van der Waals surface area (Å²) in [5.41, 5.74) is 1.40. The number of para-hydroxylation sites is 1. The summed E-state index contributed by atoms with van der Waals surface area (Å²) in [5.74, 6) is -1.16. The van der Waals surface area contributed by atoms with E-state index in [1.807, 2.05) is 36.4 Å². The fourth-order valence-electron chi connectivity index (χ4n) is 1.73. The minimum absolute atomic E-state index is 0.107. The first kappa shape index (κ1) is 15.5. The topological polar surface area (TPSA) is 78.9 Å². The predicted octanol–water partition coefficient (Wildman–Crippen LogP) is 2.74. The Morgan fingerprint density at radius 2 is 1.59 bits per heavy atom. The molecule has 0 radical (unpaired) electrons. The van der Waals surface area contributed by atoms with E-state index in [9.17, 15) is 9.59 Å². The number of hydroxylamine groups is 2. The van der Waals surface area contributed by atoms with Gasteiger partial charge in [0.05, 0.1) is 0 Å². The van der Waals surface area contributed by atoms with Gasteiger partial charge in [0.1, 0.15) is 13.2 Å². The highest BCUT2D eigenvalue weighted by molar-refractivity contribution is 5.90. The van der Waals surface area contributed by atoms with E-state index in [2.05, 4.69) is 5.32 Å². The third-order valence-corrected chi connectivity index (χ3v) is 2.76. The number of carbonyl (C=O) groups is 2. The van der Waals surface area contributed by atoms with Crippen LogP contribution in [-0.2, 0) is 16.2 Å². The van der Waals surface area contributed by atoms with Gasteiger partial charge in [-0.05, 0) is 17.7 Å². The van der Waals surface area contributed by atoms with Gasteiger partial charge in [-0.25, -0.2) is 4.79 Å². The molecule has 2 rings (SSSR count). The summed E-state index contributed by atoms with van der Waals surface area (Å²) in [7, 11) is 0. The quantitative estimate of drug-likeness (QED) is 0.804. The van der Waals surface area contributed by atoms with Crippen molar-refractivity contribution in [2.45, 2.75) is 6.61 Å². The second kappa shape index (κ2) is 7.80. The number of benzene rings is 2. The number of carboxylic acids is 1. The van der Waals surface area contributed by atoms with Gasteiger partial charge in [0.15, 0.2) is 0 Å². The summed E-state index contributed by atoms with van der Waals surface area (Å²) in [5, 5.41) is 12.3. The van der Waals surface area contributed by atoms with E-state index < -0.39 is 18.5 Å². The predicted molar refractivity (Wildman–Crippen MR) is 81.0 cm³/mol. The molecule has 0 aliphatic carbocycles. The first-order valence-corrected chi connectivity index (χ1v) is 6.67. The van der Waals surface area contributed by atoms with Gasteiger partial charge in [-0.2, -0.15) is 5.06 Å². The van der Waals surface area contributed by atoms with E-state index in [1.54, 1.807) is 24.3 Å². The molecular weight excluding hydrogens is 284 g/mol. The van der Waals surface area contributed by atoms with Crippen molar-refractivity contribution in [3.05, 3.63) is 66.2 Å². The van der Waals surface area contributed by atoms with E-state index in [4.69, 9.17) is 9.94 Å². The lowest BCUT2D eigenvalue weighted by molar-refractivity contribution is -0.159. The number of amides is 2. The van der Waals surface area contributed by atoms with Crippen LogP contribution in [0.15, 0.2) is 60.7 Å². The van der Waals surface area contributed by atoms with Crippen LogP contribution in [0.4, 0.5) is 10.5 Å². The van der Waals surface area contributed by atoms with E-state index >= 15 is 0 Å². The van der Waals surface area contributed by atoms with Crippen LogP contribution >= 0.6 is 0 Å². The van der Waals surface area contributed by atoms with Gasteiger partial charge < -0.3 is 10.4 Å². The summed E-state index contributed by atoms with van der Waals surface area (Å²) >= 11 is 0. The van der Waals surface area contributed by atoms with Crippen LogP contribution in [0.2, 0.25) is 0 Å². The molecule has 0 aliphatic rings. The summed E-state index contributed by atoms with van der Waals surface area (Å²) in [6.45, 7) is -0.443. The van der Waals surface area contributed by atoms with Gasteiger partial charge in [0, 0.05) is 5.69 Å². The highest BCUT2D eigenvalue weighted by atomic mass is 16.7. The van der Waals surface area contributed by atoms with Gasteiger partial charge in [-0.1, -0.05) is 48.5 Å². The van der Waals surface area contributed by atoms with Crippen LogP contribution in [0.25, 0.3) is 0 Å². The number of hydrogen-bond donors (Lipinski definition) is 2. The minimum atomic E-state index is -1.16. The number of anilines is 1. The maximum atomic E-state index is 12.1. The Balaban J connectivity index is 1.98. The SMILES string of the molecule is O=C(O)CN(OCc1ccccc1)C(=O)Nc1ccccc1. The van der Waals surface area contributed by atoms with Crippen molar-refractivity contribution in [2.75, 3.05) is 11.9 Å². The maximum Gasteiger partial charge on any atom is 0.346 e. The van der Waals surface area contributed by atoms with E-state index in [0.29, 0.717) is 5.69 Å². The summed E-state index contributed by atoms with van der Waals surface area (Å²) in [6, 6.07) is 17.3. The van der Waals surface area contributed by atoms with E-state index in [1.165, 1.54) is 0 Å². The fraction of sp³-hybridized carbons (Fsp3) is 0.125. The van der Waals surface area contributed by atoms with Crippen molar-refractivity contribution in [1.82, 2.24) is 5.06 Å². The molecule has 2 amide bonds. The van der Waals surface area contributed by atoms with Crippen LogP contribution in [-0.4, -0.2) is 28.7 Å². The van der Waals surface area contributed by atoms with Gasteiger partial charge >= 0.3 is 12.0 Å². The number of rotatable bonds is 6. The van der Waals surface area contributed by atoms with Crippen LogP contribution in [0.3, 0.4) is 0 Å². The zero-order valence-corrected chi connectivity index (χ0v) is 11.8. The molecule has 0 aliphatic heterocycles. The first-order valence-electron chi connectivity index (χ1n) is 6.67. The van der Waals surface area contributed by atoms with Crippen molar-refractivity contribution < 1.29 is 19.5 Å². The number of urea groups is 1. The first-order chi connectivity index (χ1) is 10.6. The third-order valence-electron chi connectivity index (χ3n) is 2.76. The van der Waals surface area contributed by atoms with Crippen LogP contribution < -0.4 is 5.32 Å². The van der Waals surface area contributed by atoms with Gasteiger partial charge in [-0.15, -0.1) is 0 Å². The normalized spacial score (nSPS) is 10.0. The summed E-state index contributed by atoms with van der Waals surface area (Å²) in [6.07, 6.45) is 0. The second-order valence-electron chi connectivity index (χ2n) is 4.49. The van der Waals surface area contributed by atoms with E-state index in [0.717, 1.165) is 10.6 Å². The average molecular weight is 300 g/mol. The molecule has 0 atom stereocenters. The molecule has 114 valence electrons. The molecule has 0 saturated heterocycles. The Morgan fingerprint density at radius 1 is 1.00 bits per heavy atom. The fourth-order valence-corrected chi connectivity index (χ4v) is 1.73. The largest absolute Gasteiger partial charge is 0.480 e. The Bertz CT molecular complexity index is 617. The lowest BCUT2D eigenvalue weighted by atomic mass is 10.2. The molecule has 6 nitrogen and oxygen atoms in total. The molecule has 6 heteroatoms. The summed E-state index contributed by atoms with van der Waals surface area (Å²) in [4.78, 5) is 28.3. The van der Waals surface area contributed by atoms with Crippen LogP contribution in [0.1, 0.15) is 5.56 Å². The molecule has 0 fully saturated rings. The zero-order valence-electron chi connectivity index (χ0n) is 11.8. The summed E-state index contributed by atoms with van der Waals surface area (Å²) < 4.78 is 0. The Morgan fingerprint density at radius 3 is 2.18 bits per heavy atom. The molecule has 0 heterocycles. The highest BCUT2D eigenvalue weighted by Crippen LogP contribution is 2.08. The number of nitrogens with zero attached hydrogens (tertiary/aromatic N) is 1. The number of hydrogen-bond acceptors (Lipinski definition) is 3. The van der Waals surface area contributed by atoms with Crippen molar-refractivity contribution in [2.24, 2.45) is 0 Å². The standard InChI is InChI=1S/C16H16N2O4/c19-15(20)11-18(22-12-13-7-3-1-4-8-13)16(21)17-14-9-5-2-6-10-14/h1-10H,11-12H2,(H,17,21)(H,19,20). The molecule has 0 unspecified atom stereocenters. The third kappa shape index (κ3) is 4.92. The Kier molecular flexibility index (Phi) is 5.50.